The SMILES string of the molecule is Cc1cc(NC(=O)C(Cc2ccc(C(=O)NCCC=O)cc2)c2ccc(-c3ccc(C(C)(C)C)cc3)cc2)ccc1-c1ccc(C(F)(F)F)cc1C. The van der Waals surface area contributed by atoms with Crippen molar-refractivity contribution in [2.75, 3.05) is 11.9 Å². The zero-order chi connectivity index (χ0) is 37.6. The van der Waals surface area contributed by atoms with Gasteiger partial charge in [0.1, 0.15) is 6.29 Å². The number of hydrogen-bond donors (Lipinski definition) is 2. The first kappa shape index (κ1) is 37.7. The second-order valence-corrected chi connectivity index (χ2v) is 14.2. The van der Waals surface area contributed by atoms with Crippen molar-refractivity contribution in [3.8, 4) is 22.3 Å². The van der Waals surface area contributed by atoms with Gasteiger partial charge in [-0.2, -0.15) is 13.2 Å². The standard InChI is InChI=1S/C44H43F3N2O3/c1-28-25-36(44(45,46)47)19-21-38(28)39-22-20-37(26-29(39)2)49-42(52)40(27-30-7-9-34(10-8-30)41(51)48-23-6-24-50)33-13-11-31(12-14-33)32-15-17-35(18-16-32)43(3,4)5/h7-22,24-26,40H,6,23,27H2,1-5H3,(H,48,51)(H,49,52). The van der Waals surface area contributed by atoms with Crippen LogP contribution in [0.5, 0.6) is 0 Å². The van der Waals surface area contributed by atoms with E-state index in [0.717, 1.165) is 51.8 Å². The van der Waals surface area contributed by atoms with Crippen molar-refractivity contribution in [2.24, 2.45) is 0 Å². The van der Waals surface area contributed by atoms with Crippen molar-refractivity contribution >= 4 is 23.8 Å². The number of halogens is 3. The molecule has 5 aromatic rings. The maximum atomic E-state index is 14.1. The molecule has 5 aromatic carbocycles. The fourth-order valence-corrected chi connectivity index (χ4v) is 6.22. The Morgan fingerprint density at radius 2 is 1.27 bits per heavy atom. The molecule has 2 amide bonds. The molecule has 0 spiro atoms. The first-order valence-corrected chi connectivity index (χ1v) is 17.3. The minimum absolute atomic E-state index is 0.0430. The Balaban J connectivity index is 1.40. The largest absolute Gasteiger partial charge is 0.416 e. The van der Waals surface area contributed by atoms with Gasteiger partial charge in [0.05, 0.1) is 11.5 Å². The highest BCUT2D eigenvalue weighted by Gasteiger charge is 2.31. The number of anilines is 1. The quantitative estimate of drug-likeness (QED) is 0.106. The Morgan fingerprint density at radius 1 is 0.712 bits per heavy atom. The van der Waals surface area contributed by atoms with Gasteiger partial charge in [0, 0.05) is 24.2 Å². The van der Waals surface area contributed by atoms with E-state index in [9.17, 15) is 27.6 Å². The van der Waals surface area contributed by atoms with Crippen molar-refractivity contribution in [1.82, 2.24) is 5.32 Å². The van der Waals surface area contributed by atoms with Crippen LogP contribution in [0.3, 0.4) is 0 Å². The fourth-order valence-electron chi connectivity index (χ4n) is 6.22. The molecule has 5 nitrogen and oxygen atoms in total. The minimum atomic E-state index is -4.42. The second kappa shape index (κ2) is 15.8. The molecule has 0 saturated carbocycles. The maximum absolute atomic E-state index is 14.1. The number of nitrogens with one attached hydrogen (secondary N) is 2. The number of aryl methyl sites for hydroxylation is 2. The summed E-state index contributed by atoms with van der Waals surface area (Å²) in [5.41, 5.74) is 8.17. The number of benzene rings is 5. The summed E-state index contributed by atoms with van der Waals surface area (Å²) < 4.78 is 39.8. The molecular weight excluding hydrogens is 661 g/mol. The summed E-state index contributed by atoms with van der Waals surface area (Å²) in [5.74, 6) is -1.09. The molecule has 1 unspecified atom stereocenters. The molecule has 0 aliphatic rings. The molecule has 0 aliphatic carbocycles. The van der Waals surface area contributed by atoms with Crippen molar-refractivity contribution in [1.29, 1.82) is 0 Å². The van der Waals surface area contributed by atoms with E-state index >= 15 is 0 Å². The Bertz CT molecular complexity index is 2040. The average molecular weight is 705 g/mol. The molecule has 8 heteroatoms. The summed E-state index contributed by atoms with van der Waals surface area (Å²) in [6.07, 6.45) is -3.08. The lowest BCUT2D eigenvalue weighted by Crippen LogP contribution is -2.25. The number of hydrogen-bond acceptors (Lipinski definition) is 3. The van der Waals surface area contributed by atoms with Gasteiger partial charge >= 0.3 is 6.18 Å². The monoisotopic (exact) mass is 704 g/mol. The molecule has 0 saturated heterocycles. The van der Waals surface area contributed by atoms with Crippen molar-refractivity contribution in [2.45, 2.75) is 65.0 Å². The van der Waals surface area contributed by atoms with Gasteiger partial charge in [-0.3, -0.25) is 9.59 Å². The first-order chi connectivity index (χ1) is 24.6. The third kappa shape index (κ3) is 9.23. The number of carbonyl (C=O) groups is 3. The van der Waals surface area contributed by atoms with Crippen LogP contribution in [0, 0.1) is 13.8 Å². The molecule has 2 N–H and O–H groups in total. The smallest absolute Gasteiger partial charge is 0.352 e. The van der Waals surface area contributed by atoms with Crippen LogP contribution in [0.25, 0.3) is 22.3 Å². The van der Waals surface area contributed by atoms with Crippen LogP contribution < -0.4 is 10.6 Å². The van der Waals surface area contributed by atoms with Crippen LogP contribution in [-0.2, 0) is 27.6 Å². The Hall–Kier alpha value is -5.50. The van der Waals surface area contributed by atoms with E-state index in [0.29, 0.717) is 28.8 Å². The van der Waals surface area contributed by atoms with Gasteiger partial charge in [-0.25, -0.2) is 0 Å². The lowest BCUT2D eigenvalue weighted by atomic mass is 9.86. The molecule has 0 aliphatic heterocycles. The van der Waals surface area contributed by atoms with Crippen LogP contribution in [0.1, 0.15) is 76.8 Å². The Labute approximate surface area is 303 Å². The van der Waals surface area contributed by atoms with Crippen LogP contribution in [0.4, 0.5) is 18.9 Å². The fraction of sp³-hybridized carbons (Fsp3) is 0.250. The van der Waals surface area contributed by atoms with Crippen molar-refractivity contribution < 1.29 is 27.6 Å². The lowest BCUT2D eigenvalue weighted by Gasteiger charge is -2.20. The molecule has 5 rings (SSSR count). The summed E-state index contributed by atoms with van der Waals surface area (Å²) in [5, 5.41) is 5.78. The van der Waals surface area contributed by atoms with Gasteiger partial charge in [0.15, 0.2) is 0 Å². The number of amides is 2. The van der Waals surface area contributed by atoms with Crippen LogP contribution >= 0.6 is 0 Å². The summed E-state index contributed by atoms with van der Waals surface area (Å²) >= 11 is 0. The van der Waals surface area contributed by atoms with Crippen LogP contribution in [-0.4, -0.2) is 24.6 Å². The highest BCUT2D eigenvalue weighted by molar-refractivity contribution is 5.97. The molecule has 0 radical (unpaired) electrons. The lowest BCUT2D eigenvalue weighted by molar-refractivity contribution is -0.137. The van der Waals surface area contributed by atoms with Crippen LogP contribution in [0.2, 0.25) is 0 Å². The van der Waals surface area contributed by atoms with Gasteiger partial charge in [0.2, 0.25) is 5.91 Å². The number of rotatable bonds is 11. The summed E-state index contributed by atoms with van der Waals surface area (Å²) in [6, 6.07) is 32.6. The molecule has 268 valence electrons. The van der Waals surface area contributed by atoms with Gasteiger partial charge in [-0.1, -0.05) is 93.6 Å². The second-order valence-electron chi connectivity index (χ2n) is 14.2. The topological polar surface area (TPSA) is 75.3 Å². The zero-order valence-electron chi connectivity index (χ0n) is 30.0. The van der Waals surface area contributed by atoms with E-state index in [2.05, 4.69) is 55.7 Å². The van der Waals surface area contributed by atoms with E-state index in [4.69, 9.17) is 0 Å². The van der Waals surface area contributed by atoms with Gasteiger partial charge in [0.25, 0.3) is 5.91 Å². The van der Waals surface area contributed by atoms with Crippen LogP contribution in [0.15, 0.2) is 109 Å². The predicted octanol–water partition coefficient (Wildman–Crippen LogP) is 10.2. The maximum Gasteiger partial charge on any atom is 0.416 e. The molecule has 0 fully saturated rings. The van der Waals surface area contributed by atoms with E-state index in [1.165, 1.54) is 11.6 Å². The van der Waals surface area contributed by atoms with E-state index in [-0.39, 0.29) is 30.2 Å². The minimum Gasteiger partial charge on any atom is -0.352 e. The summed E-state index contributed by atoms with van der Waals surface area (Å²) in [6.45, 7) is 10.3. The van der Waals surface area contributed by atoms with Gasteiger partial charge < -0.3 is 15.4 Å². The summed E-state index contributed by atoms with van der Waals surface area (Å²) in [4.78, 5) is 37.2. The third-order valence-electron chi connectivity index (χ3n) is 9.26. The Morgan fingerprint density at radius 3 is 1.81 bits per heavy atom. The molecular formula is C44H43F3N2O3. The average Bonchev–Trinajstić information content (AvgIpc) is 3.10. The third-order valence-corrected chi connectivity index (χ3v) is 9.26. The first-order valence-electron chi connectivity index (χ1n) is 17.3. The van der Waals surface area contributed by atoms with Gasteiger partial charge in [-0.05, 0) is 112 Å². The van der Waals surface area contributed by atoms with E-state index in [1.54, 1.807) is 25.1 Å². The highest BCUT2D eigenvalue weighted by atomic mass is 19.4. The number of carbonyl (C=O) groups excluding carboxylic acids is 3. The normalized spacial score (nSPS) is 12.2. The van der Waals surface area contributed by atoms with Crippen molar-refractivity contribution in [3.63, 3.8) is 0 Å². The molecule has 0 bridgehead atoms. The Kier molecular flexibility index (Phi) is 11.5. The molecule has 0 aromatic heterocycles. The molecule has 1 atom stereocenters. The summed E-state index contributed by atoms with van der Waals surface area (Å²) in [7, 11) is 0. The molecule has 52 heavy (non-hydrogen) atoms. The number of alkyl halides is 3. The number of aldehydes is 1. The van der Waals surface area contributed by atoms with Crippen molar-refractivity contribution in [3.05, 3.63) is 148 Å². The van der Waals surface area contributed by atoms with E-state index in [1.807, 2.05) is 55.5 Å². The predicted molar refractivity (Wildman–Crippen MR) is 201 cm³/mol. The zero-order valence-corrected chi connectivity index (χ0v) is 30.0. The highest BCUT2D eigenvalue weighted by Crippen LogP contribution is 2.35. The molecule has 0 heterocycles. The van der Waals surface area contributed by atoms with E-state index < -0.39 is 17.7 Å². The van der Waals surface area contributed by atoms with Gasteiger partial charge in [-0.15, -0.1) is 0 Å².